The Bertz CT molecular complexity index is 924. The topological polar surface area (TPSA) is 77.1 Å². The molecule has 0 bridgehead atoms. The maximum Gasteiger partial charge on any atom is 0.408 e. The largest absolute Gasteiger partial charge is 0.486 e. The highest BCUT2D eigenvalue weighted by Crippen LogP contribution is 2.34. The van der Waals surface area contributed by atoms with Crippen LogP contribution in [0.2, 0.25) is 0 Å². The Kier molecular flexibility index (Phi) is 7.62. The first-order chi connectivity index (χ1) is 15.3. The number of nitrogens with one attached hydrogen (secondary N) is 1. The molecule has 1 aliphatic rings. The second-order valence-corrected chi connectivity index (χ2v) is 8.68. The maximum atomic E-state index is 13.5. The first kappa shape index (κ1) is 23.4. The van der Waals surface area contributed by atoms with Gasteiger partial charge in [0, 0.05) is 25.1 Å². The number of nitrogens with zero attached hydrogens (tertiary/aromatic N) is 1. The lowest BCUT2D eigenvalue weighted by Crippen LogP contribution is -2.50. The summed E-state index contributed by atoms with van der Waals surface area (Å²) >= 11 is 0. The predicted octanol–water partition coefficient (Wildman–Crippen LogP) is 3.94. The van der Waals surface area contributed by atoms with Crippen molar-refractivity contribution in [3.8, 4) is 11.5 Å². The highest BCUT2D eigenvalue weighted by Gasteiger charge is 2.29. The van der Waals surface area contributed by atoms with E-state index in [1.807, 2.05) is 55.5 Å². The van der Waals surface area contributed by atoms with E-state index in [0.29, 0.717) is 44.2 Å². The van der Waals surface area contributed by atoms with E-state index in [9.17, 15) is 9.59 Å². The normalized spacial score (nSPS) is 13.8. The van der Waals surface area contributed by atoms with Crippen molar-refractivity contribution in [3.63, 3.8) is 0 Å². The summed E-state index contributed by atoms with van der Waals surface area (Å²) in [5, 5.41) is 2.78. The molecule has 2 aromatic rings. The minimum absolute atomic E-state index is 0.184. The number of hydrogen-bond donors (Lipinski definition) is 1. The number of amides is 2. The number of carbonyl (C=O) groups excluding carboxylic acids is 2. The summed E-state index contributed by atoms with van der Waals surface area (Å²) in [7, 11) is 0. The van der Waals surface area contributed by atoms with E-state index in [-0.39, 0.29) is 5.91 Å². The van der Waals surface area contributed by atoms with Crippen LogP contribution >= 0.6 is 0 Å². The number of hydrogen-bond acceptors (Lipinski definition) is 5. The molecule has 0 radical (unpaired) electrons. The van der Waals surface area contributed by atoms with Crippen LogP contribution in [-0.4, -0.2) is 48.3 Å². The van der Waals surface area contributed by atoms with E-state index in [1.165, 1.54) is 0 Å². The molecular formula is C25H32N2O5. The van der Waals surface area contributed by atoms with E-state index < -0.39 is 17.7 Å². The van der Waals surface area contributed by atoms with Gasteiger partial charge in [-0.1, -0.05) is 42.5 Å². The highest BCUT2D eigenvalue weighted by molar-refractivity contribution is 5.86. The van der Waals surface area contributed by atoms with Crippen LogP contribution < -0.4 is 14.8 Å². The predicted molar refractivity (Wildman–Crippen MR) is 122 cm³/mol. The highest BCUT2D eigenvalue weighted by atomic mass is 16.6. The second kappa shape index (κ2) is 10.4. The molecule has 1 atom stereocenters. The smallest absolute Gasteiger partial charge is 0.408 e. The molecule has 0 saturated heterocycles. The van der Waals surface area contributed by atoms with Crippen LogP contribution in [0.5, 0.6) is 11.5 Å². The van der Waals surface area contributed by atoms with Crippen molar-refractivity contribution in [1.82, 2.24) is 10.2 Å². The number of ether oxygens (including phenoxy) is 3. The van der Waals surface area contributed by atoms with E-state index in [4.69, 9.17) is 14.2 Å². The van der Waals surface area contributed by atoms with Crippen molar-refractivity contribution in [1.29, 1.82) is 0 Å². The zero-order valence-corrected chi connectivity index (χ0v) is 19.2. The summed E-state index contributed by atoms with van der Waals surface area (Å²) < 4.78 is 16.9. The number of alkyl carbamates (subject to hydrolysis) is 1. The molecule has 2 amide bonds. The van der Waals surface area contributed by atoms with Crippen molar-refractivity contribution in [3.05, 3.63) is 59.7 Å². The van der Waals surface area contributed by atoms with Crippen LogP contribution in [0.3, 0.4) is 0 Å². The van der Waals surface area contributed by atoms with Crippen molar-refractivity contribution in [2.75, 3.05) is 19.8 Å². The number of fused-ring (bicyclic) bond motifs is 1. The molecule has 172 valence electrons. The standard InChI is InChI=1S/C25H32N2O5/c1-5-27(17-19-12-9-13-21-22(19)31-15-14-30-21)23(28)20(16-18-10-7-6-8-11-18)26-24(29)32-25(2,3)4/h6-13,20H,5,14-17H2,1-4H3,(H,26,29). The number of likely N-dealkylation sites (N-methyl/N-ethyl adjacent to an activating group) is 1. The molecule has 2 aromatic carbocycles. The monoisotopic (exact) mass is 440 g/mol. The van der Waals surface area contributed by atoms with Gasteiger partial charge in [0.25, 0.3) is 0 Å². The van der Waals surface area contributed by atoms with Gasteiger partial charge in [-0.25, -0.2) is 4.79 Å². The summed E-state index contributed by atoms with van der Waals surface area (Å²) in [6, 6.07) is 14.5. The van der Waals surface area contributed by atoms with Gasteiger partial charge >= 0.3 is 6.09 Å². The lowest BCUT2D eigenvalue weighted by Gasteiger charge is -2.29. The molecular weight excluding hydrogens is 408 g/mol. The Balaban J connectivity index is 1.80. The summed E-state index contributed by atoms with van der Waals surface area (Å²) in [4.78, 5) is 27.7. The summed E-state index contributed by atoms with van der Waals surface area (Å²) in [6.45, 7) is 9.09. The summed E-state index contributed by atoms with van der Waals surface area (Å²) in [5.41, 5.74) is 1.16. The van der Waals surface area contributed by atoms with Crippen LogP contribution in [-0.2, 0) is 22.5 Å². The molecule has 0 aromatic heterocycles. The minimum Gasteiger partial charge on any atom is -0.486 e. The van der Waals surface area contributed by atoms with Gasteiger partial charge in [0.15, 0.2) is 11.5 Å². The quantitative estimate of drug-likeness (QED) is 0.706. The van der Waals surface area contributed by atoms with Gasteiger partial charge in [-0.15, -0.1) is 0 Å². The fourth-order valence-corrected chi connectivity index (χ4v) is 3.53. The first-order valence-corrected chi connectivity index (χ1v) is 11.0. The zero-order valence-electron chi connectivity index (χ0n) is 19.2. The minimum atomic E-state index is -0.760. The molecule has 0 fully saturated rings. The lowest BCUT2D eigenvalue weighted by atomic mass is 10.0. The fraction of sp³-hybridized carbons (Fsp3) is 0.440. The molecule has 3 rings (SSSR count). The molecule has 1 N–H and O–H groups in total. The van der Waals surface area contributed by atoms with Crippen molar-refractivity contribution >= 4 is 12.0 Å². The Morgan fingerprint density at radius 3 is 2.47 bits per heavy atom. The lowest BCUT2D eigenvalue weighted by molar-refractivity contribution is -0.133. The van der Waals surface area contributed by atoms with Gasteiger partial charge in [0.05, 0.1) is 0 Å². The average molecular weight is 441 g/mol. The van der Waals surface area contributed by atoms with E-state index >= 15 is 0 Å². The average Bonchev–Trinajstić information content (AvgIpc) is 2.76. The summed E-state index contributed by atoms with van der Waals surface area (Å²) in [5.74, 6) is 1.17. The third kappa shape index (κ3) is 6.39. The van der Waals surface area contributed by atoms with Crippen molar-refractivity contribution in [2.45, 2.75) is 52.3 Å². The third-order valence-electron chi connectivity index (χ3n) is 4.97. The number of para-hydroxylation sites is 1. The maximum absolute atomic E-state index is 13.5. The van der Waals surface area contributed by atoms with Gasteiger partial charge in [-0.3, -0.25) is 4.79 Å². The van der Waals surface area contributed by atoms with Crippen LogP contribution in [0.25, 0.3) is 0 Å². The van der Waals surface area contributed by atoms with Crippen LogP contribution in [0, 0.1) is 0 Å². The van der Waals surface area contributed by atoms with Gasteiger partial charge in [-0.05, 0) is 39.3 Å². The molecule has 1 unspecified atom stereocenters. The third-order valence-corrected chi connectivity index (χ3v) is 4.97. The molecule has 0 aliphatic carbocycles. The van der Waals surface area contributed by atoms with Crippen molar-refractivity contribution < 1.29 is 23.8 Å². The van der Waals surface area contributed by atoms with E-state index in [1.54, 1.807) is 25.7 Å². The molecule has 32 heavy (non-hydrogen) atoms. The Morgan fingerprint density at radius 1 is 1.06 bits per heavy atom. The number of carbonyl (C=O) groups is 2. The molecule has 7 heteroatoms. The SMILES string of the molecule is CCN(Cc1cccc2c1OCCO2)C(=O)C(Cc1ccccc1)NC(=O)OC(C)(C)C. The van der Waals surface area contributed by atoms with Crippen LogP contribution in [0.4, 0.5) is 4.79 Å². The molecule has 0 spiro atoms. The van der Waals surface area contributed by atoms with Crippen LogP contribution in [0.1, 0.15) is 38.8 Å². The Morgan fingerprint density at radius 2 is 1.78 bits per heavy atom. The van der Waals surface area contributed by atoms with Crippen molar-refractivity contribution in [2.24, 2.45) is 0 Å². The zero-order chi connectivity index (χ0) is 23.1. The van der Waals surface area contributed by atoms with Gasteiger partial charge in [0.1, 0.15) is 24.9 Å². The fourth-order valence-electron chi connectivity index (χ4n) is 3.53. The van der Waals surface area contributed by atoms with E-state index in [2.05, 4.69) is 5.32 Å². The number of benzene rings is 2. The van der Waals surface area contributed by atoms with E-state index in [0.717, 1.165) is 11.1 Å². The Hall–Kier alpha value is -3.22. The van der Waals surface area contributed by atoms with Gasteiger partial charge < -0.3 is 24.4 Å². The van der Waals surface area contributed by atoms with Gasteiger partial charge in [-0.2, -0.15) is 0 Å². The van der Waals surface area contributed by atoms with Crippen LogP contribution in [0.15, 0.2) is 48.5 Å². The first-order valence-electron chi connectivity index (χ1n) is 11.0. The molecule has 1 aliphatic heterocycles. The molecule has 0 saturated carbocycles. The Labute approximate surface area is 189 Å². The summed E-state index contributed by atoms with van der Waals surface area (Å²) in [6.07, 6.45) is -0.251. The second-order valence-electron chi connectivity index (χ2n) is 8.68. The molecule has 7 nitrogen and oxygen atoms in total. The van der Waals surface area contributed by atoms with Gasteiger partial charge in [0.2, 0.25) is 5.91 Å². The number of rotatable bonds is 7. The molecule has 1 heterocycles.